The van der Waals surface area contributed by atoms with Gasteiger partial charge < -0.3 is 10.8 Å². The third-order valence-corrected chi connectivity index (χ3v) is 0. The molecule has 3 N–H and O–H groups in total. The molecule has 0 aromatic rings. The van der Waals surface area contributed by atoms with Gasteiger partial charge in [-0.1, -0.05) is 0 Å². The molecule has 43 valence electrons. The summed E-state index contributed by atoms with van der Waals surface area (Å²) in [5.41, 5.74) is 4.67. The molecule has 0 heterocycles. The van der Waals surface area contributed by atoms with Gasteiger partial charge in [-0.05, 0) is 6.92 Å². The SMILES string of the molecule is CC(N)O.[O]=[Cu]. The average molecular weight is 141 g/mol. The molecule has 6 heavy (non-hydrogen) atoms. The molecule has 0 saturated heterocycles. The third kappa shape index (κ3) is 776. The Bertz CT molecular complexity index is 22.8. The van der Waals surface area contributed by atoms with Crippen molar-refractivity contribution in [1.29, 1.82) is 0 Å². The van der Waals surface area contributed by atoms with Crippen LogP contribution in [0.3, 0.4) is 0 Å². The van der Waals surface area contributed by atoms with E-state index in [2.05, 4.69) is 21.7 Å². The van der Waals surface area contributed by atoms with Crippen molar-refractivity contribution in [2.24, 2.45) is 5.73 Å². The van der Waals surface area contributed by atoms with Crippen molar-refractivity contribution in [2.75, 3.05) is 0 Å². The minimum absolute atomic E-state index is 0.667. The van der Waals surface area contributed by atoms with E-state index >= 15 is 0 Å². The summed E-state index contributed by atoms with van der Waals surface area (Å²) in [6.07, 6.45) is -0.667. The first kappa shape index (κ1) is 9.53. The molecule has 1 unspecified atom stereocenters. The van der Waals surface area contributed by atoms with Crippen molar-refractivity contribution in [3.63, 3.8) is 0 Å². The standard InChI is InChI=1S/C2H7NO.Cu.O/c1-2(3)4;;/h2,4H,3H2,1H3;;. The van der Waals surface area contributed by atoms with Crippen LogP contribution in [0.2, 0.25) is 0 Å². The summed E-state index contributed by atoms with van der Waals surface area (Å²) in [6, 6.07) is 0. The van der Waals surface area contributed by atoms with Crippen LogP contribution in [0.1, 0.15) is 6.92 Å². The minimum atomic E-state index is -0.667. The van der Waals surface area contributed by atoms with E-state index in [-0.39, 0.29) is 0 Å². The number of hydrogen-bond donors (Lipinski definition) is 2. The van der Waals surface area contributed by atoms with E-state index in [1.807, 2.05) is 0 Å². The zero-order chi connectivity index (χ0) is 5.58. The number of aliphatic hydroxyl groups is 1. The van der Waals surface area contributed by atoms with Crippen LogP contribution in [0.4, 0.5) is 0 Å². The molecule has 0 bridgehead atoms. The van der Waals surface area contributed by atoms with Gasteiger partial charge in [-0.25, -0.2) is 0 Å². The summed E-state index contributed by atoms with van der Waals surface area (Å²) >= 11 is 2.94. The topological polar surface area (TPSA) is 63.3 Å². The van der Waals surface area contributed by atoms with Gasteiger partial charge in [0.2, 0.25) is 0 Å². The van der Waals surface area contributed by atoms with E-state index in [1.165, 1.54) is 6.92 Å². The van der Waals surface area contributed by atoms with Crippen LogP contribution in [0, 0.1) is 0 Å². The molecular formula is C2H7CuNO2. The average Bonchev–Trinajstić information content (AvgIpc) is 1.41. The molecule has 0 aliphatic heterocycles. The molecule has 0 aromatic heterocycles. The number of hydrogen-bond acceptors (Lipinski definition) is 3. The monoisotopic (exact) mass is 140 g/mol. The maximum absolute atomic E-state index is 7.83. The molecule has 4 heteroatoms. The fraction of sp³-hybridized carbons (Fsp3) is 1.00. The molecule has 0 fully saturated rings. The summed E-state index contributed by atoms with van der Waals surface area (Å²) in [5, 5.41) is 7.83. The van der Waals surface area contributed by atoms with Gasteiger partial charge in [0.1, 0.15) is 0 Å². The van der Waals surface area contributed by atoms with Gasteiger partial charge in [0.15, 0.2) is 0 Å². The Morgan fingerprint density at radius 1 is 1.83 bits per heavy atom. The molecule has 0 aliphatic carbocycles. The molecule has 0 spiro atoms. The van der Waals surface area contributed by atoms with Crippen LogP contribution < -0.4 is 5.73 Å². The molecule has 3 nitrogen and oxygen atoms in total. The number of nitrogens with two attached hydrogens (primary N) is 1. The van der Waals surface area contributed by atoms with E-state index in [1.54, 1.807) is 0 Å². The Labute approximate surface area is 44.5 Å². The predicted octanol–water partition coefficient (Wildman–Crippen LogP) is -0.838. The fourth-order valence-electron chi connectivity index (χ4n) is 0. The Morgan fingerprint density at radius 2 is 1.83 bits per heavy atom. The number of rotatable bonds is 0. The molecule has 0 aliphatic rings. The van der Waals surface area contributed by atoms with Crippen LogP contribution in [-0.2, 0) is 19.8 Å². The van der Waals surface area contributed by atoms with Crippen LogP contribution in [0.15, 0.2) is 0 Å². The van der Waals surface area contributed by atoms with Crippen LogP contribution in [-0.4, -0.2) is 11.3 Å². The van der Waals surface area contributed by atoms with E-state index in [0.29, 0.717) is 0 Å². The molecule has 0 radical (unpaired) electrons. The first-order valence-corrected chi connectivity index (χ1v) is 1.68. The first-order chi connectivity index (χ1) is 2.73. The van der Waals surface area contributed by atoms with E-state index < -0.39 is 6.23 Å². The summed E-state index contributed by atoms with van der Waals surface area (Å²) in [4.78, 5) is 0. The van der Waals surface area contributed by atoms with E-state index in [0.717, 1.165) is 0 Å². The third-order valence-electron chi connectivity index (χ3n) is 0. The van der Waals surface area contributed by atoms with Gasteiger partial charge in [-0.2, -0.15) is 0 Å². The van der Waals surface area contributed by atoms with E-state index in [4.69, 9.17) is 8.94 Å². The van der Waals surface area contributed by atoms with Gasteiger partial charge in [0.05, 0.1) is 6.23 Å². The fourth-order valence-corrected chi connectivity index (χ4v) is 0. The van der Waals surface area contributed by atoms with Crippen LogP contribution in [0.25, 0.3) is 0 Å². The number of aliphatic hydroxyl groups excluding tert-OH is 1. The van der Waals surface area contributed by atoms with Crippen molar-refractivity contribution in [3.05, 3.63) is 0 Å². The van der Waals surface area contributed by atoms with Crippen LogP contribution >= 0.6 is 0 Å². The summed E-state index contributed by atoms with van der Waals surface area (Å²) in [7, 11) is 0. The second-order valence-electron chi connectivity index (χ2n) is 0.741. The van der Waals surface area contributed by atoms with Crippen molar-refractivity contribution in [2.45, 2.75) is 13.2 Å². The Morgan fingerprint density at radius 3 is 1.83 bits per heavy atom. The predicted molar refractivity (Wildman–Crippen MR) is 16.6 cm³/mol. The molecule has 0 saturated carbocycles. The normalized spacial score (nSPS) is 11.5. The van der Waals surface area contributed by atoms with E-state index in [9.17, 15) is 0 Å². The zero-order valence-corrected chi connectivity index (χ0v) is 4.25. The van der Waals surface area contributed by atoms with Crippen molar-refractivity contribution in [1.82, 2.24) is 0 Å². The molecular weight excluding hydrogens is 134 g/mol. The second kappa shape index (κ2) is 8.97. The Balaban J connectivity index is 0. The quantitative estimate of drug-likeness (QED) is 0.341. The molecule has 0 amide bonds. The van der Waals surface area contributed by atoms with Crippen molar-refractivity contribution >= 4 is 0 Å². The molecule has 1 atom stereocenters. The first-order valence-electron chi connectivity index (χ1n) is 1.29. The summed E-state index contributed by atoms with van der Waals surface area (Å²) < 4.78 is 7.81. The summed E-state index contributed by atoms with van der Waals surface area (Å²) in [5.74, 6) is 0. The Kier molecular flexibility index (Phi) is 14.3. The summed E-state index contributed by atoms with van der Waals surface area (Å²) in [6.45, 7) is 1.50. The van der Waals surface area contributed by atoms with Crippen molar-refractivity contribution < 1.29 is 24.9 Å². The van der Waals surface area contributed by atoms with Gasteiger partial charge in [-0.15, -0.1) is 0 Å². The van der Waals surface area contributed by atoms with Gasteiger partial charge in [0, 0.05) is 0 Å². The zero-order valence-electron chi connectivity index (χ0n) is 3.31. The van der Waals surface area contributed by atoms with Gasteiger partial charge in [-0.3, -0.25) is 0 Å². The molecule has 0 rings (SSSR count). The van der Waals surface area contributed by atoms with Crippen LogP contribution in [0.5, 0.6) is 0 Å². The van der Waals surface area contributed by atoms with Crippen molar-refractivity contribution in [3.8, 4) is 0 Å². The maximum atomic E-state index is 7.83. The Hall–Kier alpha value is 0.239. The van der Waals surface area contributed by atoms with Gasteiger partial charge >= 0.3 is 19.8 Å². The second-order valence-corrected chi connectivity index (χ2v) is 0.741. The van der Waals surface area contributed by atoms with Gasteiger partial charge in [0.25, 0.3) is 0 Å². The molecule has 0 aromatic carbocycles.